The molecule has 0 aromatic carbocycles. The van der Waals surface area contributed by atoms with Crippen LogP contribution in [0.25, 0.3) is 16.8 Å². The predicted molar refractivity (Wildman–Crippen MR) is 110 cm³/mol. The molecular formula is C20H21F3N8O. The van der Waals surface area contributed by atoms with Crippen molar-refractivity contribution >= 4 is 22.6 Å². The van der Waals surface area contributed by atoms with Gasteiger partial charge in [0.25, 0.3) is 5.82 Å². The summed E-state index contributed by atoms with van der Waals surface area (Å²) in [7, 11) is 0. The summed E-state index contributed by atoms with van der Waals surface area (Å²) in [6.45, 7) is 4.32. The third-order valence-corrected chi connectivity index (χ3v) is 5.97. The van der Waals surface area contributed by atoms with Crippen molar-refractivity contribution in [1.29, 1.82) is 0 Å². The number of imidazole rings is 1. The van der Waals surface area contributed by atoms with Gasteiger partial charge >= 0.3 is 11.9 Å². The Morgan fingerprint density at radius 1 is 1.09 bits per heavy atom. The topological polar surface area (TPSA) is 86.1 Å². The Bertz CT molecular complexity index is 1330. The number of alkyl halides is 3. The minimum absolute atomic E-state index is 0.0511. The van der Waals surface area contributed by atoms with Gasteiger partial charge in [-0.3, -0.25) is 9.13 Å². The molecule has 0 aliphatic carbocycles. The Kier molecular flexibility index (Phi) is 4.86. The monoisotopic (exact) mass is 446 g/mol. The van der Waals surface area contributed by atoms with Crippen LogP contribution in [0.1, 0.15) is 25.6 Å². The van der Waals surface area contributed by atoms with Crippen LogP contribution in [-0.2, 0) is 19.3 Å². The van der Waals surface area contributed by atoms with E-state index < -0.39 is 12.0 Å². The van der Waals surface area contributed by atoms with Crippen molar-refractivity contribution in [2.45, 2.75) is 39.0 Å². The average molecular weight is 446 g/mol. The Hall–Kier alpha value is -3.44. The second-order valence-corrected chi connectivity index (χ2v) is 7.90. The molecule has 0 N–H and O–H groups in total. The molecule has 0 unspecified atom stereocenters. The number of aryl methyl sites for hydroxylation is 1. The van der Waals surface area contributed by atoms with E-state index in [0.717, 1.165) is 22.9 Å². The molecule has 4 aromatic heterocycles. The second-order valence-electron chi connectivity index (χ2n) is 7.90. The van der Waals surface area contributed by atoms with Crippen LogP contribution >= 0.6 is 0 Å². The van der Waals surface area contributed by atoms with Crippen molar-refractivity contribution in [3.05, 3.63) is 46.8 Å². The average Bonchev–Trinajstić information content (AvgIpc) is 3.33. The van der Waals surface area contributed by atoms with Crippen molar-refractivity contribution in [2.24, 2.45) is 5.92 Å². The summed E-state index contributed by atoms with van der Waals surface area (Å²) in [5, 5.41) is 10.9. The van der Waals surface area contributed by atoms with Gasteiger partial charge in [0.1, 0.15) is 5.82 Å². The van der Waals surface area contributed by atoms with E-state index >= 15 is 0 Å². The summed E-state index contributed by atoms with van der Waals surface area (Å²) in [5.74, 6) is -0.433. The Balaban J connectivity index is 1.34. The van der Waals surface area contributed by atoms with Crippen molar-refractivity contribution in [3.8, 4) is 0 Å². The van der Waals surface area contributed by atoms with Crippen LogP contribution in [0, 0.1) is 5.92 Å². The van der Waals surface area contributed by atoms with Crippen LogP contribution in [0.5, 0.6) is 0 Å². The molecule has 4 aromatic rings. The number of hydrogen-bond acceptors (Lipinski definition) is 6. The van der Waals surface area contributed by atoms with Gasteiger partial charge in [0.15, 0.2) is 11.3 Å². The van der Waals surface area contributed by atoms with Crippen LogP contribution in [0.15, 0.2) is 35.3 Å². The molecule has 0 atom stereocenters. The zero-order valence-electron chi connectivity index (χ0n) is 17.3. The van der Waals surface area contributed by atoms with E-state index in [-0.39, 0.29) is 17.3 Å². The van der Waals surface area contributed by atoms with Gasteiger partial charge in [0, 0.05) is 32.4 Å². The first-order chi connectivity index (χ1) is 15.4. The number of anilines is 1. The standard InChI is InChI=1S/C20H21F3N8O/c1-2-29-14-4-3-9-24-17(14)30(19(29)32)12-13-7-10-28(11-8-13)16-6-5-15-25-26-18(20(21,22)23)31(15)27-16/h3-6,9,13H,2,7-8,10-12H2,1H3. The Morgan fingerprint density at radius 3 is 2.59 bits per heavy atom. The van der Waals surface area contributed by atoms with Crippen LogP contribution in [0.4, 0.5) is 19.0 Å². The SMILES string of the molecule is CCn1c(=O)n(CC2CCN(c3ccc4nnc(C(F)(F)F)n4n3)CC2)c2ncccc21. The van der Waals surface area contributed by atoms with E-state index in [0.29, 0.717) is 37.6 Å². The van der Waals surface area contributed by atoms with Crippen LogP contribution in [0.3, 0.4) is 0 Å². The Labute approximate surface area is 180 Å². The number of halogens is 3. The van der Waals surface area contributed by atoms with Gasteiger partial charge in [-0.25, -0.2) is 9.78 Å². The molecule has 32 heavy (non-hydrogen) atoms. The smallest absolute Gasteiger partial charge is 0.355 e. The highest BCUT2D eigenvalue weighted by Gasteiger charge is 2.38. The summed E-state index contributed by atoms with van der Waals surface area (Å²) in [5.41, 5.74) is 1.49. The maximum absolute atomic E-state index is 13.1. The van der Waals surface area contributed by atoms with Gasteiger partial charge in [-0.05, 0) is 49.9 Å². The number of rotatable bonds is 4. The van der Waals surface area contributed by atoms with E-state index in [1.54, 1.807) is 21.4 Å². The van der Waals surface area contributed by atoms with Crippen molar-refractivity contribution in [2.75, 3.05) is 18.0 Å². The molecule has 1 fully saturated rings. The number of aromatic nitrogens is 7. The number of fused-ring (bicyclic) bond motifs is 2. The first-order valence-corrected chi connectivity index (χ1v) is 10.5. The largest absolute Gasteiger partial charge is 0.453 e. The summed E-state index contributed by atoms with van der Waals surface area (Å²) in [6.07, 6.45) is -1.38. The lowest BCUT2D eigenvalue weighted by atomic mass is 9.96. The molecule has 168 valence electrons. The van der Waals surface area contributed by atoms with E-state index in [9.17, 15) is 18.0 Å². The van der Waals surface area contributed by atoms with Gasteiger partial charge in [-0.1, -0.05) is 0 Å². The summed E-state index contributed by atoms with van der Waals surface area (Å²) in [6, 6.07) is 6.87. The van der Waals surface area contributed by atoms with Gasteiger partial charge < -0.3 is 4.90 Å². The van der Waals surface area contributed by atoms with E-state index in [4.69, 9.17) is 0 Å². The highest BCUT2D eigenvalue weighted by Crippen LogP contribution is 2.29. The number of piperidine rings is 1. The normalized spacial score (nSPS) is 15.8. The zero-order valence-corrected chi connectivity index (χ0v) is 17.3. The number of hydrogen-bond donors (Lipinski definition) is 0. The third kappa shape index (κ3) is 3.39. The summed E-state index contributed by atoms with van der Waals surface area (Å²) in [4.78, 5) is 19.2. The Morgan fingerprint density at radius 2 is 1.88 bits per heavy atom. The molecule has 1 saturated heterocycles. The molecule has 12 heteroatoms. The fourth-order valence-electron chi connectivity index (χ4n) is 4.34. The van der Waals surface area contributed by atoms with Crippen LogP contribution in [-0.4, -0.2) is 47.0 Å². The number of nitrogens with zero attached hydrogens (tertiary/aromatic N) is 8. The molecule has 0 saturated carbocycles. The molecule has 0 radical (unpaired) electrons. The lowest BCUT2D eigenvalue weighted by Gasteiger charge is -2.32. The van der Waals surface area contributed by atoms with Crippen molar-refractivity contribution < 1.29 is 13.2 Å². The van der Waals surface area contributed by atoms with Crippen LogP contribution < -0.4 is 10.6 Å². The van der Waals surface area contributed by atoms with Crippen molar-refractivity contribution in [3.63, 3.8) is 0 Å². The van der Waals surface area contributed by atoms with Gasteiger partial charge in [0.05, 0.1) is 5.52 Å². The predicted octanol–water partition coefficient (Wildman–Crippen LogP) is 2.59. The molecule has 5 rings (SSSR count). The zero-order chi connectivity index (χ0) is 22.5. The molecule has 0 bridgehead atoms. The van der Waals surface area contributed by atoms with E-state index in [1.807, 2.05) is 24.0 Å². The fraction of sp³-hybridized carbons (Fsp3) is 0.450. The minimum atomic E-state index is -4.63. The van der Waals surface area contributed by atoms with Crippen molar-refractivity contribution in [1.82, 2.24) is 33.9 Å². The first-order valence-electron chi connectivity index (χ1n) is 10.5. The molecule has 9 nitrogen and oxygen atoms in total. The molecule has 1 aliphatic rings. The lowest BCUT2D eigenvalue weighted by molar-refractivity contribution is -0.146. The summed E-state index contributed by atoms with van der Waals surface area (Å²) >= 11 is 0. The number of pyridine rings is 1. The lowest BCUT2D eigenvalue weighted by Crippen LogP contribution is -2.37. The maximum atomic E-state index is 13.1. The molecule has 5 heterocycles. The van der Waals surface area contributed by atoms with Gasteiger partial charge in [0.2, 0.25) is 0 Å². The highest BCUT2D eigenvalue weighted by molar-refractivity contribution is 5.71. The van der Waals surface area contributed by atoms with E-state index in [2.05, 4.69) is 20.3 Å². The third-order valence-electron chi connectivity index (χ3n) is 5.97. The molecule has 1 aliphatic heterocycles. The van der Waals surface area contributed by atoms with Gasteiger partial charge in [-0.2, -0.15) is 17.7 Å². The maximum Gasteiger partial charge on any atom is 0.453 e. The quantitative estimate of drug-likeness (QED) is 0.479. The minimum Gasteiger partial charge on any atom is -0.355 e. The first kappa shape index (κ1) is 20.5. The molecule has 0 spiro atoms. The molecule has 0 amide bonds. The fourth-order valence-corrected chi connectivity index (χ4v) is 4.34. The highest BCUT2D eigenvalue weighted by atomic mass is 19.4. The van der Waals surface area contributed by atoms with E-state index in [1.165, 1.54) is 6.07 Å². The second kappa shape index (κ2) is 7.61. The van der Waals surface area contributed by atoms with Crippen LogP contribution in [0.2, 0.25) is 0 Å². The summed E-state index contributed by atoms with van der Waals surface area (Å²) < 4.78 is 43.6. The molecular weight excluding hydrogens is 425 g/mol. The van der Waals surface area contributed by atoms with Gasteiger partial charge in [-0.15, -0.1) is 15.3 Å².